The first kappa shape index (κ1) is 12.2. The Bertz CT molecular complexity index is 526. The van der Waals surface area contributed by atoms with E-state index >= 15 is 0 Å². The molecule has 0 bridgehead atoms. The Kier molecular flexibility index (Phi) is 3.56. The lowest BCUT2D eigenvalue weighted by atomic mass is 10.1. The normalized spacial score (nSPS) is 12.7. The Morgan fingerprint density at radius 2 is 2.29 bits per heavy atom. The molecule has 0 amide bonds. The maximum absolute atomic E-state index is 13.8. The summed E-state index contributed by atoms with van der Waals surface area (Å²) in [6.07, 6.45) is 3.44. The zero-order valence-corrected chi connectivity index (χ0v) is 10.8. The van der Waals surface area contributed by atoms with Crippen molar-refractivity contribution in [3.63, 3.8) is 0 Å². The first-order valence-corrected chi connectivity index (χ1v) is 5.81. The van der Waals surface area contributed by atoms with E-state index in [-0.39, 0.29) is 5.82 Å². The molecule has 4 nitrogen and oxygen atoms in total. The van der Waals surface area contributed by atoms with E-state index in [1.54, 1.807) is 29.1 Å². The molecule has 1 unspecified atom stereocenters. The Balaban J connectivity index is 2.49. The number of nitrogens with one attached hydrogen (secondary N) is 1. The largest absolute Gasteiger partial charge is 0.336 e. The first-order valence-electron chi connectivity index (χ1n) is 5.01. The molecule has 90 valence electrons. The maximum atomic E-state index is 13.8. The number of hydrazine groups is 1. The van der Waals surface area contributed by atoms with Crippen molar-refractivity contribution >= 4 is 15.9 Å². The fourth-order valence-corrected chi connectivity index (χ4v) is 2.07. The molecule has 3 N–H and O–H groups in total. The van der Waals surface area contributed by atoms with Crippen molar-refractivity contribution in [2.24, 2.45) is 12.9 Å². The Hall–Kier alpha value is -1.24. The minimum atomic E-state index is -0.479. The lowest BCUT2D eigenvalue weighted by molar-refractivity contribution is 0.532. The predicted molar refractivity (Wildman–Crippen MR) is 66.5 cm³/mol. The number of benzene rings is 1. The van der Waals surface area contributed by atoms with Crippen LogP contribution in [0.2, 0.25) is 0 Å². The molecular formula is C11H12BrFN4. The fraction of sp³-hybridized carbons (Fsp3) is 0.182. The first-order chi connectivity index (χ1) is 8.13. The monoisotopic (exact) mass is 298 g/mol. The second-order valence-electron chi connectivity index (χ2n) is 3.66. The standard InChI is InChI=1S/C11H12BrFN4/c1-17-5-4-15-11(17)10(16-14)8-6-7(12)2-3-9(8)13/h2-6,10,16H,14H2,1H3. The molecule has 0 aliphatic carbocycles. The summed E-state index contributed by atoms with van der Waals surface area (Å²) in [5, 5.41) is 0. The average molecular weight is 299 g/mol. The number of aryl methyl sites for hydroxylation is 1. The van der Waals surface area contributed by atoms with Gasteiger partial charge >= 0.3 is 0 Å². The van der Waals surface area contributed by atoms with Gasteiger partial charge in [-0.05, 0) is 18.2 Å². The van der Waals surface area contributed by atoms with Crippen molar-refractivity contribution in [2.75, 3.05) is 0 Å². The number of halogens is 2. The van der Waals surface area contributed by atoms with E-state index in [4.69, 9.17) is 5.84 Å². The molecule has 1 aromatic carbocycles. The Morgan fingerprint density at radius 1 is 1.53 bits per heavy atom. The molecule has 0 saturated carbocycles. The SMILES string of the molecule is Cn1ccnc1C(NN)c1cc(Br)ccc1F. The number of rotatable bonds is 3. The minimum Gasteiger partial charge on any atom is -0.336 e. The maximum Gasteiger partial charge on any atom is 0.131 e. The van der Waals surface area contributed by atoms with Gasteiger partial charge in [-0.3, -0.25) is 5.84 Å². The number of nitrogens with two attached hydrogens (primary N) is 1. The number of nitrogens with zero attached hydrogens (tertiary/aromatic N) is 2. The lowest BCUT2D eigenvalue weighted by Crippen LogP contribution is -2.31. The van der Waals surface area contributed by atoms with Crippen molar-refractivity contribution in [3.05, 3.63) is 52.3 Å². The summed E-state index contributed by atoms with van der Waals surface area (Å²) in [4.78, 5) is 4.17. The quantitative estimate of drug-likeness (QED) is 0.672. The van der Waals surface area contributed by atoms with Gasteiger partial charge in [0.2, 0.25) is 0 Å². The third kappa shape index (κ3) is 2.38. The van der Waals surface area contributed by atoms with Crippen LogP contribution in [0.15, 0.2) is 35.1 Å². The van der Waals surface area contributed by atoms with Crippen LogP contribution in [0.3, 0.4) is 0 Å². The molecule has 0 fully saturated rings. The van der Waals surface area contributed by atoms with Crippen LogP contribution in [0.5, 0.6) is 0 Å². The van der Waals surface area contributed by atoms with Crippen LogP contribution in [-0.2, 0) is 7.05 Å². The number of hydrogen-bond acceptors (Lipinski definition) is 3. The topological polar surface area (TPSA) is 55.9 Å². The molecule has 2 aromatic rings. The van der Waals surface area contributed by atoms with Crippen LogP contribution in [0.1, 0.15) is 17.4 Å². The third-order valence-electron chi connectivity index (χ3n) is 2.55. The van der Waals surface area contributed by atoms with E-state index in [1.165, 1.54) is 6.07 Å². The highest BCUT2D eigenvalue weighted by molar-refractivity contribution is 9.10. The summed E-state index contributed by atoms with van der Waals surface area (Å²) >= 11 is 3.31. The second-order valence-corrected chi connectivity index (χ2v) is 4.58. The summed E-state index contributed by atoms with van der Waals surface area (Å²) in [6, 6.07) is 4.25. The Morgan fingerprint density at radius 3 is 2.88 bits per heavy atom. The zero-order valence-electron chi connectivity index (χ0n) is 9.19. The van der Waals surface area contributed by atoms with Gasteiger partial charge in [0.15, 0.2) is 0 Å². The van der Waals surface area contributed by atoms with Crippen molar-refractivity contribution in [1.29, 1.82) is 0 Å². The van der Waals surface area contributed by atoms with Crippen molar-refractivity contribution in [3.8, 4) is 0 Å². The Labute approximate surface area is 107 Å². The molecule has 0 spiro atoms. The molecule has 1 aromatic heterocycles. The van der Waals surface area contributed by atoms with Crippen molar-refractivity contribution in [1.82, 2.24) is 15.0 Å². The highest BCUT2D eigenvalue weighted by Gasteiger charge is 2.20. The molecule has 6 heteroatoms. The van der Waals surface area contributed by atoms with Crippen LogP contribution in [-0.4, -0.2) is 9.55 Å². The van der Waals surface area contributed by atoms with Crippen LogP contribution in [0.4, 0.5) is 4.39 Å². The van der Waals surface area contributed by atoms with Crippen molar-refractivity contribution < 1.29 is 4.39 Å². The molecule has 0 saturated heterocycles. The van der Waals surface area contributed by atoms with E-state index in [1.807, 2.05) is 7.05 Å². The van der Waals surface area contributed by atoms with E-state index in [0.29, 0.717) is 11.4 Å². The van der Waals surface area contributed by atoms with Gasteiger partial charge in [-0.2, -0.15) is 0 Å². The van der Waals surface area contributed by atoms with Crippen LogP contribution in [0, 0.1) is 5.82 Å². The van der Waals surface area contributed by atoms with Gasteiger partial charge in [-0.15, -0.1) is 0 Å². The highest BCUT2D eigenvalue weighted by Crippen LogP contribution is 2.25. The van der Waals surface area contributed by atoms with E-state index in [2.05, 4.69) is 26.3 Å². The summed E-state index contributed by atoms with van der Waals surface area (Å²) < 4.78 is 16.4. The summed E-state index contributed by atoms with van der Waals surface area (Å²) in [5.41, 5.74) is 3.04. The predicted octanol–water partition coefficient (Wildman–Crippen LogP) is 1.87. The van der Waals surface area contributed by atoms with Crippen LogP contribution >= 0.6 is 15.9 Å². The van der Waals surface area contributed by atoms with Gasteiger partial charge < -0.3 is 4.57 Å². The smallest absolute Gasteiger partial charge is 0.131 e. The highest BCUT2D eigenvalue weighted by atomic mass is 79.9. The molecule has 0 radical (unpaired) electrons. The molecule has 0 aliphatic heterocycles. The lowest BCUT2D eigenvalue weighted by Gasteiger charge is -2.17. The molecule has 1 atom stereocenters. The van der Waals surface area contributed by atoms with E-state index < -0.39 is 6.04 Å². The average Bonchev–Trinajstić information content (AvgIpc) is 2.71. The molecular weight excluding hydrogens is 287 g/mol. The van der Waals surface area contributed by atoms with Gasteiger partial charge in [0.05, 0.1) is 0 Å². The summed E-state index contributed by atoms with van der Waals surface area (Å²) in [7, 11) is 1.84. The fourth-order valence-electron chi connectivity index (χ4n) is 1.69. The van der Waals surface area contributed by atoms with E-state index in [0.717, 1.165) is 4.47 Å². The zero-order chi connectivity index (χ0) is 12.4. The van der Waals surface area contributed by atoms with Crippen molar-refractivity contribution in [2.45, 2.75) is 6.04 Å². The van der Waals surface area contributed by atoms with Gasteiger partial charge in [-0.1, -0.05) is 15.9 Å². The molecule has 1 heterocycles. The van der Waals surface area contributed by atoms with Crippen LogP contribution < -0.4 is 11.3 Å². The van der Waals surface area contributed by atoms with Gasteiger partial charge in [0, 0.05) is 29.5 Å². The number of aromatic nitrogens is 2. The third-order valence-corrected chi connectivity index (χ3v) is 3.05. The summed E-state index contributed by atoms with van der Waals surface area (Å²) in [6.45, 7) is 0. The van der Waals surface area contributed by atoms with Gasteiger partial charge in [0.1, 0.15) is 17.7 Å². The molecule has 0 aliphatic rings. The van der Waals surface area contributed by atoms with Gasteiger partial charge in [0.25, 0.3) is 0 Å². The molecule has 17 heavy (non-hydrogen) atoms. The number of imidazole rings is 1. The number of hydrogen-bond donors (Lipinski definition) is 2. The molecule has 2 rings (SSSR count). The summed E-state index contributed by atoms with van der Waals surface area (Å²) in [5.74, 6) is 5.84. The van der Waals surface area contributed by atoms with Gasteiger partial charge in [-0.25, -0.2) is 14.8 Å². The van der Waals surface area contributed by atoms with Crippen LogP contribution in [0.25, 0.3) is 0 Å². The minimum absolute atomic E-state index is 0.320. The van der Waals surface area contributed by atoms with E-state index in [9.17, 15) is 4.39 Å². The second kappa shape index (κ2) is 4.95.